The van der Waals surface area contributed by atoms with Crippen molar-refractivity contribution in [2.45, 2.75) is 31.5 Å². The van der Waals surface area contributed by atoms with Crippen molar-refractivity contribution in [2.24, 2.45) is 0 Å². The minimum Gasteiger partial charge on any atom is -0.326 e. The molecule has 162 valence electrons. The zero-order valence-corrected chi connectivity index (χ0v) is 19.1. The lowest BCUT2D eigenvalue weighted by molar-refractivity contribution is -0.116. The largest absolute Gasteiger partial charge is 0.326 e. The van der Waals surface area contributed by atoms with Crippen LogP contribution in [-0.4, -0.2) is 31.0 Å². The van der Waals surface area contributed by atoms with Crippen LogP contribution in [0.1, 0.15) is 23.6 Å². The number of aromatic nitrogens is 4. The van der Waals surface area contributed by atoms with Gasteiger partial charge < -0.3 is 5.32 Å². The number of nitrogens with zero attached hydrogens (tertiary/aromatic N) is 4. The van der Waals surface area contributed by atoms with Gasteiger partial charge in [-0.1, -0.05) is 47.1 Å². The number of fused-ring (bicyclic) bond motifs is 2. The van der Waals surface area contributed by atoms with E-state index >= 15 is 0 Å². The molecule has 0 radical (unpaired) electrons. The molecule has 0 spiro atoms. The first kappa shape index (κ1) is 20.8. The van der Waals surface area contributed by atoms with E-state index in [1.807, 2.05) is 26.0 Å². The number of rotatable bonds is 4. The maximum absolute atomic E-state index is 13.3. The van der Waals surface area contributed by atoms with Gasteiger partial charge in [-0.2, -0.15) is 5.10 Å². The Bertz CT molecular complexity index is 1430. The fraction of sp³-hybridized carbons (Fsp3) is 0.217. The number of carbonyl (C=O) groups excluding carboxylic acids is 1. The number of halogens is 1. The Morgan fingerprint density at radius 1 is 1.25 bits per heavy atom. The van der Waals surface area contributed by atoms with Gasteiger partial charge in [0.05, 0.1) is 17.9 Å². The molecule has 0 fully saturated rings. The van der Waals surface area contributed by atoms with E-state index in [-0.39, 0.29) is 23.9 Å². The van der Waals surface area contributed by atoms with Crippen molar-refractivity contribution >= 4 is 46.0 Å². The molecule has 32 heavy (non-hydrogen) atoms. The highest BCUT2D eigenvalue weighted by atomic mass is 35.5. The SMILES string of the molecule is Cc1ccc(-n2ncc3c(=O)n4c(nc32)SCC4CC(=O)Nc2cccc(Cl)c2)c(C)c1. The summed E-state index contributed by atoms with van der Waals surface area (Å²) in [6, 6.07) is 12.8. The van der Waals surface area contributed by atoms with E-state index in [1.54, 1.807) is 39.7 Å². The van der Waals surface area contributed by atoms with E-state index in [9.17, 15) is 9.59 Å². The van der Waals surface area contributed by atoms with Gasteiger partial charge in [-0.15, -0.1) is 0 Å². The number of benzene rings is 2. The summed E-state index contributed by atoms with van der Waals surface area (Å²) >= 11 is 7.47. The Labute approximate surface area is 193 Å². The predicted octanol–water partition coefficient (Wildman–Crippen LogP) is 4.53. The summed E-state index contributed by atoms with van der Waals surface area (Å²) in [5, 5.41) is 8.89. The molecule has 9 heteroatoms. The lowest BCUT2D eigenvalue weighted by Gasteiger charge is -2.14. The van der Waals surface area contributed by atoms with Crippen molar-refractivity contribution in [1.82, 2.24) is 19.3 Å². The monoisotopic (exact) mass is 465 g/mol. The van der Waals surface area contributed by atoms with Crippen molar-refractivity contribution in [3.05, 3.63) is 75.2 Å². The summed E-state index contributed by atoms with van der Waals surface area (Å²) in [5.74, 6) is 0.429. The second-order valence-electron chi connectivity index (χ2n) is 7.88. The van der Waals surface area contributed by atoms with Crippen LogP contribution in [0.15, 0.2) is 58.6 Å². The lowest BCUT2D eigenvalue weighted by Crippen LogP contribution is -2.27. The van der Waals surface area contributed by atoms with Crippen molar-refractivity contribution in [1.29, 1.82) is 0 Å². The van der Waals surface area contributed by atoms with Crippen molar-refractivity contribution < 1.29 is 4.79 Å². The number of hydrogen-bond acceptors (Lipinski definition) is 5. The normalized spacial score (nSPS) is 15.2. The molecule has 1 atom stereocenters. The first-order valence-electron chi connectivity index (χ1n) is 10.2. The summed E-state index contributed by atoms with van der Waals surface area (Å²) in [6.45, 7) is 4.05. The number of nitrogens with one attached hydrogen (secondary N) is 1. The summed E-state index contributed by atoms with van der Waals surface area (Å²) in [6.07, 6.45) is 1.73. The van der Waals surface area contributed by atoms with Crippen molar-refractivity contribution in [3.63, 3.8) is 0 Å². The Balaban J connectivity index is 1.46. The summed E-state index contributed by atoms with van der Waals surface area (Å²) in [7, 11) is 0. The fourth-order valence-corrected chi connectivity index (χ4v) is 5.31. The zero-order chi connectivity index (χ0) is 22.4. The van der Waals surface area contributed by atoms with Crippen LogP contribution in [0, 0.1) is 13.8 Å². The maximum Gasteiger partial charge on any atom is 0.265 e. The first-order chi connectivity index (χ1) is 15.4. The molecule has 0 saturated carbocycles. The molecular formula is C23H20ClN5O2S. The molecule has 4 aromatic rings. The molecule has 3 heterocycles. The number of aryl methyl sites for hydroxylation is 2. The molecule has 0 aliphatic carbocycles. The molecule has 1 unspecified atom stereocenters. The van der Waals surface area contributed by atoms with Crippen LogP contribution >= 0.6 is 23.4 Å². The van der Waals surface area contributed by atoms with Crippen LogP contribution in [0.5, 0.6) is 0 Å². The third-order valence-corrected chi connectivity index (χ3v) is 6.81. The Hall–Kier alpha value is -3.10. The predicted molar refractivity (Wildman–Crippen MR) is 127 cm³/mol. The van der Waals surface area contributed by atoms with Crippen molar-refractivity contribution in [3.8, 4) is 5.69 Å². The molecule has 0 saturated heterocycles. The summed E-state index contributed by atoms with van der Waals surface area (Å²) in [5.41, 5.74) is 4.09. The second kappa shape index (κ2) is 8.11. The smallest absolute Gasteiger partial charge is 0.265 e. The Kier molecular flexibility index (Phi) is 5.27. The highest BCUT2D eigenvalue weighted by Gasteiger charge is 2.29. The van der Waals surface area contributed by atoms with Crippen LogP contribution in [0.2, 0.25) is 5.02 Å². The van der Waals surface area contributed by atoms with Gasteiger partial charge in [0.25, 0.3) is 5.56 Å². The molecule has 7 nitrogen and oxygen atoms in total. The van der Waals surface area contributed by atoms with Gasteiger partial charge in [0.2, 0.25) is 5.91 Å². The standard InChI is InChI=1S/C23H20ClN5O2S/c1-13-6-7-19(14(2)8-13)29-21-18(11-25-29)22(31)28-17(12-32-23(28)27-21)10-20(30)26-16-5-3-4-15(24)9-16/h3-9,11,17H,10,12H2,1-2H3,(H,26,30). The minimum atomic E-state index is -0.275. The van der Waals surface area contributed by atoms with E-state index in [0.29, 0.717) is 32.7 Å². The van der Waals surface area contributed by atoms with Gasteiger partial charge in [-0.25, -0.2) is 9.67 Å². The van der Waals surface area contributed by atoms with Crippen molar-refractivity contribution in [2.75, 3.05) is 11.1 Å². The van der Waals surface area contributed by atoms with E-state index in [4.69, 9.17) is 16.6 Å². The van der Waals surface area contributed by atoms with Crippen LogP contribution in [-0.2, 0) is 4.79 Å². The van der Waals surface area contributed by atoms with Gasteiger partial charge in [0.1, 0.15) is 5.39 Å². The van der Waals surface area contributed by atoms with E-state index in [0.717, 1.165) is 16.8 Å². The van der Waals surface area contributed by atoms with E-state index < -0.39 is 0 Å². The molecule has 2 aromatic carbocycles. The first-order valence-corrected chi connectivity index (χ1v) is 11.5. The lowest BCUT2D eigenvalue weighted by atomic mass is 10.1. The molecule has 1 aliphatic heterocycles. The van der Waals surface area contributed by atoms with Crippen LogP contribution in [0.25, 0.3) is 16.7 Å². The number of anilines is 1. The second-order valence-corrected chi connectivity index (χ2v) is 9.30. The van der Waals surface area contributed by atoms with E-state index in [1.165, 1.54) is 11.8 Å². The summed E-state index contributed by atoms with van der Waals surface area (Å²) in [4.78, 5) is 30.7. The van der Waals surface area contributed by atoms with E-state index in [2.05, 4.69) is 16.5 Å². The maximum atomic E-state index is 13.3. The Morgan fingerprint density at radius 3 is 2.88 bits per heavy atom. The zero-order valence-electron chi connectivity index (χ0n) is 17.5. The van der Waals surface area contributed by atoms with Crippen LogP contribution in [0.4, 0.5) is 5.69 Å². The van der Waals surface area contributed by atoms with Crippen LogP contribution in [0.3, 0.4) is 0 Å². The third-order valence-electron chi connectivity index (χ3n) is 5.48. The Morgan fingerprint density at radius 2 is 2.09 bits per heavy atom. The molecule has 0 bridgehead atoms. The highest BCUT2D eigenvalue weighted by molar-refractivity contribution is 7.99. The third kappa shape index (κ3) is 3.69. The topological polar surface area (TPSA) is 81.8 Å². The number of thioether (sulfide) groups is 1. The molecule has 1 N–H and O–H groups in total. The quantitative estimate of drug-likeness (QED) is 0.448. The molecule has 2 aromatic heterocycles. The van der Waals surface area contributed by atoms with Gasteiger partial charge in [0.15, 0.2) is 10.8 Å². The fourth-order valence-electron chi connectivity index (χ4n) is 3.99. The molecule has 1 amide bonds. The summed E-state index contributed by atoms with van der Waals surface area (Å²) < 4.78 is 3.34. The average molecular weight is 466 g/mol. The molecule has 1 aliphatic rings. The van der Waals surface area contributed by atoms with Gasteiger partial charge in [-0.05, 0) is 43.7 Å². The number of carbonyl (C=O) groups is 1. The van der Waals surface area contributed by atoms with Crippen LogP contribution < -0.4 is 10.9 Å². The molecule has 5 rings (SSSR count). The van der Waals surface area contributed by atoms with Gasteiger partial charge in [0, 0.05) is 22.9 Å². The molecular weight excluding hydrogens is 446 g/mol. The number of amides is 1. The highest BCUT2D eigenvalue weighted by Crippen LogP contribution is 2.34. The van der Waals surface area contributed by atoms with Gasteiger partial charge >= 0.3 is 0 Å². The average Bonchev–Trinajstić information content (AvgIpc) is 3.33. The number of hydrogen-bond donors (Lipinski definition) is 1. The van der Waals surface area contributed by atoms with Gasteiger partial charge in [-0.3, -0.25) is 14.2 Å². The minimum absolute atomic E-state index is 0.171.